The van der Waals surface area contributed by atoms with Crippen molar-refractivity contribution in [3.8, 4) is 0 Å². The van der Waals surface area contributed by atoms with Crippen molar-refractivity contribution in [2.75, 3.05) is 7.05 Å². The van der Waals surface area contributed by atoms with Crippen molar-refractivity contribution in [2.45, 2.75) is 19.5 Å². The van der Waals surface area contributed by atoms with Crippen LogP contribution in [-0.2, 0) is 6.54 Å². The van der Waals surface area contributed by atoms with E-state index in [0.717, 1.165) is 28.8 Å². The molecule has 0 saturated carbocycles. The number of hydrogen-bond acceptors (Lipinski definition) is 3. The fourth-order valence-electron chi connectivity index (χ4n) is 2.32. The van der Waals surface area contributed by atoms with Gasteiger partial charge in [-0.05, 0) is 26.1 Å². The maximum Gasteiger partial charge on any atom is 0.134 e. The van der Waals surface area contributed by atoms with Crippen molar-refractivity contribution in [2.24, 2.45) is 0 Å². The Kier molecular flexibility index (Phi) is 3.09. The molecule has 0 spiro atoms. The van der Waals surface area contributed by atoms with Crippen LogP contribution in [0.1, 0.15) is 24.3 Å². The van der Waals surface area contributed by atoms with Crippen LogP contribution in [0.5, 0.6) is 0 Å². The van der Waals surface area contributed by atoms with Crippen molar-refractivity contribution >= 4 is 11.0 Å². The summed E-state index contributed by atoms with van der Waals surface area (Å²) in [5.41, 5.74) is 2.03. The molecule has 0 bridgehead atoms. The van der Waals surface area contributed by atoms with E-state index in [1.807, 2.05) is 42.3 Å². The summed E-state index contributed by atoms with van der Waals surface area (Å²) in [6, 6.07) is 10.2. The third-order valence-corrected chi connectivity index (χ3v) is 3.33. The number of fused-ring (bicyclic) bond motifs is 1. The van der Waals surface area contributed by atoms with Crippen LogP contribution in [0, 0.1) is 0 Å². The van der Waals surface area contributed by atoms with Gasteiger partial charge in [0.1, 0.15) is 11.3 Å². The lowest BCUT2D eigenvalue weighted by Crippen LogP contribution is -2.16. The van der Waals surface area contributed by atoms with E-state index in [2.05, 4.69) is 29.5 Å². The highest BCUT2D eigenvalue weighted by Gasteiger charge is 2.18. The second-order valence-electron chi connectivity index (χ2n) is 4.54. The molecule has 19 heavy (non-hydrogen) atoms. The van der Waals surface area contributed by atoms with Gasteiger partial charge in [-0.3, -0.25) is 4.68 Å². The minimum Gasteiger partial charge on any atom is -0.459 e. The molecule has 0 radical (unpaired) electrons. The number of hydrogen-bond donors (Lipinski definition) is 1. The molecule has 1 atom stereocenters. The number of aromatic nitrogens is 2. The Bertz CT molecular complexity index is 650. The number of nitrogens with zero attached hydrogens (tertiary/aromatic N) is 2. The first kappa shape index (κ1) is 12.0. The fraction of sp³-hybridized carbons (Fsp3) is 0.267. The first-order valence-electron chi connectivity index (χ1n) is 6.50. The summed E-state index contributed by atoms with van der Waals surface area (Å²) in [6.45, 7) is 2.95. The summed E-state index contributed by atoms with van der Waals surface area (Å²) in [4.78, 5) is 0. The zero-order valence-corrected chi connectivity index (χ0v) is 11.1. The number of furan rings is 1. The molecule has 1 N–H and O–H groups in total. The number of nitrogens with one attached hydrogen (secondary N) is 1. The lowest BCUT2D eigenvalue weighted by Gasteiger charge is -2.10. The molecule has 1 unspecified atom stereocenters. The van der Waals surface area contributed by atoms with Crippen LogP contribution in [0.2, 0.25) is 0 Å². The molecule has 3 rings (SSSR count). The molecule has 4 nitrogen and oxygen atoms in total. The van der Waals surface area contributed by atoms with Gasteiger partial charge in [0.2, 0.25) is 0 Å². The summed E-state index contributed by atoms with van der Waals surface area (Å²) in [6.07, 6.45) is 3.94. The monoisotopic (exact) mass is 255 g/mol. The fourth-order valence-corrected chi connectivity index (χ4v) is 2.32. The third kappa shape index (κ3) is 2.15. The van der Waals surface area contributed by atoms with Gasteiger partial charge in [0, 0.05) is 23.7 Å². The number of para-hydroxylation sites is 1. The molecule has 0 aliphatic heterocycles. The molecule has 2 heterocycles. The summed E-state index contributed by atoms with van der Waals surface area (Å²) in [7, 11) is 1.93. The van der Waals surface area contributed by atoms with Crippen LogP contribution in [0.4, 0.5) is 0 Å². The quantitative estimate of drug-likeness (QED) is 0.779. The SMILES string of the molecule is CCn1cc(C(NC)c2cc3ccccc3o2)cn1. The lowest BCUT2D eigenvalue weighted by molar-refractivity contribution is 0.491. The van der Waals surface area contributed by atoms with Crippen molar-refractivity contribution in [3.05, 3.63) is 54.0 Å². The van der Waals surface area contributed by atoms with E-state index in [-0.39, 0.29) is 6.04 Å². The average Bonchev–Trinajstić information content (AvgIpc) is 3.05. The highest BCUT2D eigenvalue weighted by molar-refractivity contribution is 5.77. The van der Waals surface area contributed by atoms with Crippen LogP contribution < -0.4 is 5.32 Å². The second kappa shape index (κ2) is 4.90. The number of aryl methyl sites for hydroxylation is 1. The Morgan fingerprint density at radius 2 is 2.21 bits per heavy atom. The maximum absolute atomic E-state index is 5.92. The Labute approximate surface area is 112 Å². The molecule has 0 amide bonds. The summed E-state index contributed by atoms with van der Waals surface area (Å²) >= 11 is 0. The minimum atomic E-state index is 0.0349. The van der Waals surface area contributed by atoms with Crippen LogP contribution in [-0.4, -0.2) is 16.8 Å². The van der Waals surface area contributed by atoms with Gasteiger partial charge in [-0.15, -0.1) is 0 Å². The standard InChI is InChI=1S/C15H17N3O/c1-3-18-10-12(9-17-18)15(16-2)14-8-11-6-4-5-7-13(11)19-14/h4-10,15-16H,3H2,1-2H3. The Morgan fingerprint density at radius 1 is 1.37 bits per heavy atom. The van der Waals surface area contributed by atoms with Gasteiger partial charge in [-0.25, -0.2) is 0 Å². The predicted molar refractivity (Wildman–Crippen MR) is 75.0 cm³/mol. The van der Waals surface area contributed by atoms with Crippen LogP contribution in [0.3, 0.4) is 0 Å². The topological polar surface area (TPSA) is 43.0 Å². The zero-order valence-electron chi connectivity index (χ0n) is 11.1. The van der Waals surface area contributed by atoms with Gasteiger partial charge >= 0.3 is 0 Å². The van der Waals surface area contributed by atoms with Crippen molar-refractivity contribution < 1.29 is 4.42 Å². The Balaban J connectivity index is 2.01. The first-order chi connectivity index (χ1) is 9.31. The number of rotatable bonds is 4. The van der Waals surface area contributed by atoms with Crippen molar-refractivity contribution in [1.82, 2.24) is 15.1 Å². The molecule has 0 aliphatic rings. The van der Waals surface area contributed by atoms with Gasteiger partial charge < -0.3 is 9.73 Å². The molecule has 98 valence electrons. The molecular formula is C15H17N3O. The van der Waals surface area contributed by atoms with Crippen molar-refractivity contribution in [1.29, 1.82) is 0 Å². The highest BCUT2D eigenvalue weighted by atomic mass is 16.3. The van der Waals surface area contributed by atoms with E-state index in [4.69, 9.17) is 4.42 Å². The largest absolute Gasteiger partial charge is 0.459 e. The Hall–Kier alpha value is -2.07. The van der Waals surface area contributed by atoms with Gasteiger partial charge in [0.15, 0.2) is 0 Å². The summed E-state index contributed by atoms with van der Waals surface area (Å²) in [5, 5.41) is 8.73. The van der Waals surface area contributed by atoms with E-state index in [1.165, 1.54) is 0 Å². The van der Waals surface area contributed by atoms with Gasteiger partial charge in [-0.1, -0.05) is 18.2 Å². The molecule has 1 aromatic carbocycles. The minimum absolute atomic E-state index is 0.0349. The highest BCUT2D eigenvalue weighted by Crippen LogP contribution is 2.27. The molecule has 4 heteroatoms. The van der Waals surface area contributed by atoms with Gasteiger partial charge in [0.25, 0.3) is 0 Å². The molecule has 0 aliphatic carbocycles. The Morgan fingerprint density at radius 3 is 2.89 bits per heavy atom. The van der Waals surface area contributed by atoms with Gasteiger partial charge in [-0.2, -0.15) is 5.10 Å². The average molecular weight is 255 g/mol. The number of benzene rings is 1. The van der Waals surface area contributed by atoms with E-state index in [9.17, 15) is 0 Å². The van der Waals surface area contributed by atoms with Gasteiger partial charge in [0.05, 0.1) is 12.2 Å². The maximum atomic E-state index is 5.92. The summed E-state index contributed by atoms with van der Waals surface area (Å²) < 4.78 is 7.84. The van der Waals surface area contributed by atoms with E-state index in [0.29, 0.717) is 0 Å². The van der Waals surface area contributed by atoms with E-state index < -0.39 is 0 Å². The van der Waals surface area contributed by atoms with E-state index >= 15 is 0 Å². The van der Waals surface area contributed by atoms with Crippen molar-refractivity contribution in [3.63, 3.8) is 0 Å². The summed E-state index contributed by atoms with van der Waals surface area (Å²) in [5.74, 6) is 0.916. The predicted octanol–water partition coefficient (Wildman–Crippen LogP) is 2.96. The lowest BCUT2D eigenvalue weighted by atomic mass is 10.1. The molecule has 0 fully saturated rings. The third-order valence-electron chi connectivity index (χ3n) is 3.33. The smallest absolute Gasteiger partial charge is 0.134 e. The molecule has 2 aromatic heterocycles. The van der Waals surface area contributed by atoms with E-state index in [1.54, 1.807) is 0 Å². The van der Waals surface area contributed by atoms with Crippen LogP contribution in [0.25, 0.3) is 11.0 Å². The normalized spacial score (nSPS) is 12.9. The van der Waals surface area contributed by atoms with Crippen LogP contribution in [0.15, 0.2) is 47.1 Å². The molecular weight excluding hydrogens is 238 g/mol. The van der Waals surface area contributed by atoms with Crippen LogP contribution >= 0.6 is 0 Å². The first-order valence-corrected chi connectivity index (χ1v) is 6.50. The second-order valence-corrected chi connectivity index (χ2v) is 4.54. The molecule has 0 saturated heterocycles. The zero-order chi connectivity index (χ0) is 13.2. The molecule has 3 aromatic rings.